The van der Waals surface area contributed by atoms with Crippen molar-refractivity contribution in [2.75, 3.05) is 64.7 Å². The van der Waals surface area contributed by atoms with Crippen LogP contribution in [0.1, 0.15) is 0 Å². The van der Waals surface area contributed by atoms with E-state index < -0.39 is 6.23 Å². The summed E-state index contributed by atoms with van der Waals surface area (Å²) in [6, 6.07) is 7.66. The van der Waals surface area contributed by atoms with Crippen LogP contribution in [0.25, 0.3) is 22.2 Å². The number of hydrogen-bond acceptors (Lipinski definition) is 10. The van der Waals surface area contributed by atoms with Crippen molar-refractivity contribution in [3.8, 4) is 17.1 Å². The van der Waals surface area contributed by atoms with Gasteiger partial charge in [0.05, 0.1) is 42.9 Å². The fourth-order valence-electron chi connectivity index (χ4n) is 4.86. The largest absolute Gasteiger partial charge is 0.478 e. The molecule has 4 heterocycles. The molecule has 3 aromatic heterocycles. The van der Waals surface area contributed by atoms with Crippen molar-refractivity contribution in [3.05, 3.63) is 42.9 Å². The highest BCUT2D eigenvalue weighted by molar-refractivity contribution is 6.01. The summed E-state index contributed by atoms with van der Waals surface area (Å²) in [6.45, 7) is 4.13. The summed E-state index contributed by atoms with van der Waals surface area (Å²) < 4.78 is 12.5. The number of nitrogens with one attached hydrogen (secondary N) is 3. The summed E-state index contributed by atoms with van der Waals surface area (Å²) >= 11 is 0. The molecule has 0 radical (unpaired) electrons. The average Bonchev–Trinajstić information content (AvgIpc) is 3.51. The first kappa shape index (κ1) is 25.9. The number of rotatable bonds is 10. The number of aromatic amines is 1. The fraction of sp³-hybridized carbons (Fsp3) is 0.423. The van der Waals surface area contributed by atoms with Crippen molar-refractivity contribution in [1.82, 2.24) is 34.5 Å². The third kappa shape index (κ3) is 5.43. The molecule has 0 bridgehead atoms. The van der Waals surface area contributed by atoms with E-state index >= 15 is 0 Å². The number of para-hydroxylation sites is 1. The topological polar surface area (TPSA) is 129 Å². The lowest BCUT2D eigenvalue weighted by molar-refractivity contribution is -0.00377. The minimum Gasteiger partial charge on any atom is -0.478 e. The van der Waals surface area contributed by atoms with Crippen LogP contribution in [0.3, 0.4) is 0 Å². The second-order valence-corrected chi connectivity index (χ2v) is 9.50. The quantitative estimate of drug-likeness (QED) is 0.230. The highest BCUT2D eigenvalue weighted by Gasteiger charge is 2.29. The van der Waals surface area contributed by atoms with Gasteiger partial charge in [-0.2, -0.15) is 0 Å². The number of H-pyrrole nitrogens is 1. The number of methoxy groups -OCH3 is 2. The molecule has 1 aliphatic rings. The van der Waals surface area contributed by atoms with Gasteiger partial charge in [0.15, 0.2) is 0 Å². The van der Waals surface area contributed by atoms with Gasteiger partial charge in [-0.15, -0.1) is 5.10 Å². The molecular formula is C26H35N9O3. The van der Waals surface area contributed by atoms with E-state index in [1.165, 1.54) is 0 Å². The average molecular weight is 522 g/mol. The third-order valence-corrected chi connectivity index (χ3v) is 6.89. The van der Waals surface area contributed by atoms with Crippen molar-refractivity contribution < 1.29 is 14.6 Å². The van der Waals surface area contributed by atoms with E-state index in [2.05, 4.69) is 42.5 Å². The van der Waals surface area contributed by atoms with E-state index in [-0.39, 0.29) is 6.04 Å². The summed E-state index contributed by atoms with van der Waals surface area (Å²) in [5.74, 6) is 0.897. The molecule has 0 aliphatic carbocycles. The number of fused-ring (bicyclic) bond motifs is 1. The van der Waals surface area contributed by atoms with E-state index in [9.17, 15) is 5.11 Å². The lowest BCUT2D eigenvalue weighted by Crippen LogP contribution is -2.56. The minimum absolute atomic E-state index is 0.168. The Morgan fingerprint density at radius 2 is 1.92 bits per heavy atom. The van der Waals surface area contributed by atoms with Crippen LogP contribution in [0.2, 0.25) is 0 Å². The molecule has 1 saturated heterocycles. The first-order valence-electron chi connectivity index (χ1n) is 12.6. The van der Waals surface area contributed by atoms with Crippen LogP contribution in [0, 0.1) is 0 Å². The first-order valence-corrected chi connectivity index (χ1v) is 12.6. The third-order valence-electron chi connectivity index (χ3n) is 6.89. The van der Waals surface area contributed by atoms with Gasteiger partial charge in [0.25, 0.3) is 5.88 Å². The zero-order valence-corrected chi connectivity index (χ0v) is 22.2. The number of aliphatic hydroxyl groups excluding tert-OH is 1. The SMILES string of the molecule is COC[C@@H](C(O)Nc1cccc2c(-c3ccnc(Nc4cn(C)nc4OC)n3)c[nH]c12)N1CCN(C)CC1. The lowest BCUT2D eigenvalue weighted by Gasteiger charge is -2.39. The standard InChI is InChI=1S/C26H35N9O3/c1-33-10-12-35(13-11-33)22(16-37-3)24(36)29-20-7-5-6-17-18(14-28-23(17)20)19-8-9-27-26(30-19)31-21-15-34(2)32-25(21)38-4/h5-9,14-15,22,24,28-29,36H,10-13,16H2,1-4H3,(H,27,30,31)/t22-,24?/m0/s1. The highest BCUT2D eigenvalue weighted by atomic mass is 16.5. The van der Waals surface area contributed by atoms with E-state index in [0.717, 1.165) is 54.0 Å². The number of nitrogens with zero attached hydrogens (tertiary/aromatic N) is 6. The van der Waals surface area contributed by atoms with Gasteiger partial charge < -0.3 is 35.1 Å². The molecule has 12 heteroatoms. The van der Waals surface area contributed by atoms with Gasteiger partial charge in [-0.25, -0.2) is 9.97 Å². The molecule has 38 heavy (non-hydrogen) atoms. The summed E-state index contributed by atoms with van der Waals surface area (Å²) in [4.78, 5) is 17.0. The van der Waals surface area contributed by atoms with Crippen molar-refractivity contribution in [2.45, 2.75) is 12.3 Å². The van der Waals surface area contributed by atoms with Crippen LogP contribution in [0.4, 0.5) is 17.3 Å². The Labute approximate surface area is 221 Å². The van der Waals surface area contributed by atoms with Crippen LogP contribution in [-0.2, 0) is 11.8 Å². The molecule has 0 spiro atoms. The molecule has 1 aromatic carbocycles. The molecule has 1 unspecified atom stereocenters. The number of aryl methyl sites for hydroxylation is 1. The maximum Gasteiger partial charge on any atom is 0.256 e. The van der Waals surface area contributed by atoms with Crippen molar-refractivity contribution in [3.63, 3.8) is 0 Å². The molecule has 1 fully saturated rings. The van der Waals surface area contributed by atoms with Gasteiger partial charge >= 0.3 is 0 Å². The van der Waals surface area contributed by atoms with E-state index in [4.69, 9.17) is 14.5 Å². The Kier molecular flexibility index (Phi) is 7.74. The van der Waals surface area contributed by atoms with E-state index in [1.807, 2.05) is 43.7 Å². The number of hydrogen-bond donors (Lipinski definition) is 4. The molecule has 2 atom stereocenters. The summed E-state index contributed by atoms with van der Waals surface area (Å²) in [7, 11) is 7.18. The molecular weight excluding hydrogens is 486 g/mol. The Hall–Kier alpha value is -3.71. The number of aromatic nitrogens is 5. The van der Waals surface area contributed by atoms with Crippen LogP contribution >= 0.6 is 0 Å². The van der Waals surface area contributed by atoms with Crippen LogP contribution in [0.5, 0.6) is 5.88 Å². The fourth-order valence-corrected chi connectivity index (χ4v) is 4.86. The zero-order chi connectivity index (χ0) is 26.6. The molecule has 202 valence electrons. The second kappa shape index (κ2) is 11.4. The Balaban J connectivity index is 1.38. The molecule has 0 amide bonds. The number of likely N-dealkylation sites (N-methyl/N-ethyl adjacent to an activating group) is 1. The lowest BCUT2D eigenvalue weighted by atomic mass is 10.1. The number of benzene rings is 1. The van der Waals surface area contributed by atoms with Crippen molar-refractivity contribution in [1.29, 1.82) is 0 Å². The summed E-state index contributed by atoms with van der Waals surface area (Å²) in [6.07, 6.45) is 4.64. The van der Waals surface area contributed by atoms with Crippen LogP contribution in [0.15, 0.2) is 42.9 Å². The van der Waals surface area contributed by atoms with Crippen LogP contribution < -0.4 is 15.4 Å². The number of anilines is 3. The maximum absolute atomic E-state index is 11.2. The Morgan fingerprint density at radius 1 is 1.11 bits per heavy atom. The summed E-state index contributed by atoms with van der Waals surface area (Å²) in [5.41, 5.74) is 4.05. The van der Waals surface area contributed by atoms with Gasteiger partial charge in [0.1, 0.15) is 11.9 Å². The van der Waals surface area contributed by atoms with E-state index in [0.29, 0.717) is 24.1 Å². The number of piperazine rings is 1. The predicted molar refractivity (Wildman–Crippen MR) is 147 cm³/mol. The van der Waals surface area contributed by atoms with Gasteiger partial charge in [-0.1, -0.05) is 12.1 Å². The normalized spacial score (nSPS) is 16.4. The zero-order valence-electron chi connectivity index (χ0n) is 22.2. The summed E-state index contributed by atoms with van der Waals surface area (Å²) in [5, 5.41) is 23.0. The molecule has 12 nitrogen and oxygen atoms in total. The Morgan fingerprint density at radius 3 is 2.68 bits per heavy atom. The monoisotopic (exact) mass is 521 g/mol. The van der Waals surface area contributed by atoms with Crippen molar-refractivity contribution in [2.24, 2.45) is 7.05 Å². The number of aliphatic hydroxyl groups is 1. The minimum atomic E-state index is -0.806. The van der Waals surface area contributed by atoms with Crippen molar-refractivity contribution >= 4 is 28.2 Å². The van der Waals surface area contributed by atoms with Gasteiger partial charge in [0, 0.05) is 63.7 Å². The molecule has 4 N–H and O–H groups in total. The van der Waals surface area contributed by atoms with Crippen LogP contribution in [-0.4, -0.2) is 106 Å². The van der Waals surface area contributed by atoms with Gasteiger partial charge in [-0.3, -0.25) is 9.58 Å². The molecule has 0 saturated carbocycles. The molecule has 4 aromatic rings. The second-order valence-electron chi connectivity index (χ2n) is 9.50. The Bertz CT molecular complexity index is 1360. The molecule has 1 aliphatic heterocycles. The molecule has 5 rings (SSSR count). The first-order chi connectivity index (χ1) is 18.5. The number of ether oxygens (including phenoxy) is 2. The predicted octanol–water partition coefficient (Wildman–Crippen LogP) is 2.10. The van der Waals surface area contributed by atoms with E-state index in [1.54, 1.807) is 25.1 Å². The highest BCUT2D eigenvalue weighted by Crippen LogP contribution is 2.33. The smallest absolute Gasteiger partial charge is 0.256 e. The maximum atomic E-state index is 11.2. The van der Waals surface area contributed by atoms with Gasteiger partial charge in [-0.05, 0) is 19.2 Å². The van der Waals surface area contributed by atoms with Gasteiger partial charge in [0.2, 0.25) is 5.95 Å².